The molecule has 2 fully saturated rings. The first-order chi connectivity index (χ1) is 8.78. The highest BCUT2D eigenvalue weighted by atomic mass is 16.5. The Morgan fingerprint density at radius 1 is 1.17 bits per heavy atom. The number of hydrogen-bond donors (Lipinski definition) is 2. The molecule has 2 rings (SSSR count). The minimum absolute atomic E-state index is 0.0249. The predicted molar refractivity (Wildman–Crippen MR) is 71.5 cm³/mol. The topological polar surface area (TPSA) is 50.4 Å². The van der Waals surface area contributed by atoms with Crippen molar-refractivity contribution in [2.24, 2.45) is 11.8 Å². The van der Waals surface area contributed by atoms with E-state index >= 15 is 0 Å². The van der Waals surface area contributed by atoms with E-state index in [0.29, 0.717) is 12.5 Å². The summed E-state index contributed by atoms with van der Waals surface area (Å²) in [6.07, 6.45) is 7.45. The minimum atomic E-state index is -0.0249. The Morgan fingerprint density at radius 3 is 2.50 bits per heavy atom. The Balaban J connectivity index is 1.58. The van der Waals surface area contributed by atoms with Crippen molar-refractivity contribution in [1.29, 1.82) is 0 Å². The molecule has 1 aliphatic carbocycles. The molecule has 0 aromatic rings. The van der Waals surface area contributed by atoms with E-state index < -0.39 is 0 Å². The Labute approximate surface area is 110 Å². The van der Waals surface area contributed by atoms with Crippen LogP contribution in [0.25, 0.3) is 0 Å². The highest BCUT2D eigenvalue weighted by molar-refractivity contribution is 5.74. The molecule has 4 nitrogen and oxygen atoms in total. The normalized spacial score (nSPS) is 32.2. The smallest absolute Gasteiger partial charge is 0.315 e. The number of nitrogens with one attached hydrogen (secondary N) is 2. The average molecular weight is 254 g/mol. The standard InChI is InChI=1S/C14H26N2O2/c1-2-11-3-5-12(6-4-11)9-15-14(17)16-13-7-8-18-10-13/h11-13H,2-10H2,1H3,(H2,15,16,17). The summed E-state index contributed by atoms with van der Waals surface area (Å²) in [6, 6.07) is 0.184. The van der Waals surface area contributed by atoms with Crippen LogP contribution in [-0.4, -0.2) is 31.8 Å². The third-order valence-electron chi connectivity index (χ3n) is 4.36. The van der Waals surface area contributed by atoms with Gasteiger partial charge in [-0.1, -0.05) is 26.2 Å². The molecule has 0 aromatic carbocycles. The first kappa shape index (κ1) is 13.7. The third-order valence-corrected chi connectivity index (χ3v) is 4.36. The van der Waals surface area contributed by atoms with Gasteiger partial charge >= 0.3 is 6.03 Å². The van der Waals surface area contributed by atoms with Gasteiger partial charge in [0.25, 0.3) is 0 Å². The molecule has 1 aliphatic heterocycles. The van der Waals surface area contributed by atoms with Gasteiger partial charge in [-0.15, -0.1) is 0 Å². The Kier molecular flexibility index (Phi) is 5.29. The fourth-order valence-corrected chi connectivity index (χ4v) is 2.97. The number of hydrogen-bond acceptors (Lipinski definition) is 2. The lowest BCUT2D eigenvalue weighted by Crippen LogP contribution is -2.44. The second kappa shape index (κ2) is 6.98. The van der Waals surface area contributed by atoms with Gasteiger partial charge in [-0.2, -0.15) is 0 Å². The number of urea groups is 1. The van der Waals surface area contributed by atoms with E-state index in [4.69, 9.17) is 4.74 Å². The maximum Gasteiger partial charge on any atom is 0.315 e. The van der Waals surface area contributed by atoms with Crippen molar-refractivity contribution in [1.82, 2.24) is 10.6 Å². The molecule has 0 radical (unpaired) electrons. The van der Waals surface area contributed by atoms with Crippen LogP contribution in [0.15, 0.2) is 0 Å². The van der Waals surface area contributed by atoms with Gasteiger partial charge in [0.1, 0.15) is 0 Å². The molecule has 1 saturated heterocycles. The Hall–Kier alpha value is -0.770. The van der Waals surface area contributed by atoms with E-state index in [-0.39, 0.29) is 12.1 Å². The number of carbonyl (C=O) groups is 1. The number of ether oxygens (including phenoxy) is 1. The minimum Gasteiger partial charge on any atom is -0.379 e. The molecule has 0 bridgehead atoms. The lowest BCUT2D eigenvalue weighted by Gasteiger charge is -2.28. The van der Waals surface area contributed by atoms with Crippen LogP contribution in [0, 0.1) is 11.8 Å². The monoisotopic (exact) mass is 254 g/mol. The van der Waals surface area contributed by atoms with Gasteiger partial charge in [-0.05, 0) is 31.1 Å². The quantitative estimate of drug-likeness (QED) is 0.808. The van der Waals surface area contributed by atoms with E-state index in [1.165, 1.54) is 32.1 Å². The lowest BCUT2D eigenvalue weighted by molar-refractivity contribution is 0.188. The molecule has 1 saturated carbocycles. The zero-order valence-electron chi connectivity index (χ0n) is 11.4. The van der Waals surface area contributed by atoms with Crippen LogP contribution < -0.4 is 10.6 Å². The van der Waals surface area contributed by atoms with Crippen molar-refractivity contribution in [3.8, 4) is 0 Å². The summed E-state index contributed by atoms with van der Waals surface area (Å²) in [4.78, 5) is 11.7. The van der Waals surface area contributed by atoms with Crippen molar-refractivity contribution in [2.75, 3.05) is 19.8 Å². The summed E-state index contributed by atoms with van der Waals surface area (Å²) < 4.78 is 5.23. The van der Waals surface area contributed by atoms with Crippen molar-refractivity contribution in [3.05, 3.63) is 0 Å². The molecule has 104 valence electrons. The summed E-state index contributed by atoms with van der Waals surface area (Å²) in [5, 5.41) is 5.97. The molecular weight excluding hydrogens is 228 g/mol. The number of amides is 2. The van der Waals surface area contributed by atoms with Gasteiger partial charge in [0.2, 0.25) is 0 Å². The summed E-state index contributed by atoms with van der Waals surface area (Å²) in [5.41, 5.74) is 0. The van der Waals surface area contributed by atoms with Crippen LogP contribution >= 0.6 is 0 Å². The fourth-order valence-electron chi connectivity index (χ4n) is 2.97. The maximum atomic E-state index is 11.7. The summed E-state index contributed by atoms with van der Waals surface area (Å²) >= 11 is 0. The average Bonchev–Trinajstić information content (AvgIpc) is 2.90. The third kappa shape index (κ3) is 4.16. The SMILES string of the molecule is CCC1CCC(CNC(=O)NC2CCOC2)CC1. The van der Waals surface area contributed by atoms with Crippen molar-refractivity contribution >= 4 is 6.03 Å². The van der Waals surface area contributed by atoms with Crippen molar-refractivity contribution in [3.63, 3.8) is 0 Å². The van der Waals surface area contributed by atoms with Gasteiger partial charge in [0.15, 0.2) is 0 Å². The van der Waals surface area contributed by atoms with Crippen molar-refractivity contribution in [2.45, 2.75) is 51.5 Å². The highest BCUT2D eigenvalue weighted by Crippen LogP contribution is 2.29. The Morgan fingerprint density at radius 2 is 1.89 bits per heavy atom. The van der Waals surface area contributed by atoms with Crippen molar-refractivity contribution < 1.29 is 9.53 Å². The second-order valence-electron chi connectivity index (χ2n) is 5.71. The van der Waals surface area contributed by atoms with Crippen LogP contribution in [0.1, 0.15) is 45.4 Å². The largest absolute Gasteiger partial charge is 0.379 e. The Bertz CT molecular complexity index is 257. The summed E-state index contributed by atoms with van der Waals surface area (Å²) in [6.45, 7) is 4.54. The zero-order chi connectivity index (χ0) is 12.8. The predicted octanol–water partition coefficient (Wildman–Crippen LogP) is 2.29. The summed E-state index contributed by atoms with van der Waals surface area (Å²) in [7, 11) is 0. The number of carbonyl (C=O) groups excluding carboxylic acids is 1. The first-order valence-electron chi connectivity index (χ1n) is 7.40. The van der Waals surface area contributed by atoms with Crippen LogP contribution in [0.5, 0.6) is 0 Å². The molecule has 2 amide bonds. The van der Waals surface area contributed by atoms with E-state index in [0.717, 1.165) is 25.5 Å². The van der Waals surface area contributed by atoms with E-state index in [1.807, 2.05) is 0 Å². The second-order valence-corrected chi connectivity index (χ2v) is 5.71. The molecule has 1 atom stereocenters. The molecular formula is C14H26N2O2. The van der Waals surface area contributed by atoms with Gasteiger partial charge in [0, 0.05) is 13.2 Å². The molecule has 1 heterocycles. The van der Waals surface area contributed by atoms with Crippen LogP contribution in [0.3, 0.4) is 0 Å². The first-order valence-corrected chi connectivity index (χ1v) is 7.40. The molecule has 4 heteroatoms. The van der Waals surface area contributed by atoms with Gasteiger partial charge < -0.3 is 15.4 Å². The molecule has 0 aromatic heterocycles. The molecule has 2 N–H and O–H groups in total. The molecule has 0 spiro atoms. The zero-order valence-corrected chi connectivity index (χ0v) is 11.4. The lowest BCUT2D eigenvalue weighted by atomic mass is 9.81. The van der Waals surface area contributed by atoms with Gasteiger partial charge in [-0.3, -0.25) is 0 Å². The maximum absolute atomic E-state index is 11.7. The fraction of sp³-hybridized carbons (Fsp3) is 0.929. The summed E-state index contributed by atoms with van der Waals surface area (Å²) in [5.74, 6) is 1.60. The van der Waals surface area contributed by atoms with Crippen LogP contribution in [0.4, 0.5) is 4.79 Å². The van der Waals surface area contributed by atoms with Crippen LogP contribution in [-0.2, 0) is 4.74 Å². The highest BCUT2D eigenvalue weighted by Gasteiger charge is 2.21. The van der Waals surface area contributed by atoms with E-state index in [1.54, 1.807) is 0 Å². The molecule has 18 heavy (non-hydrogen) atoms. The number of rotatable bonds is 4. The van der Waals surface area contributed by atoms with Gasteiger partial charge in [0.05, 0.1) is 12.6 Å². The van der Waals surface area contributed by atoms with Gasteiger partial charge in [-0.25, -0.2) is 4.79 Å². The molecule has 2 aliphatic rings. The van der Waals surface area contributed by atoms with E-state index in [9.17, 15) is 4.79 Å². The van der Waals surface area contributed by atoms with Crippen LogP contribution in [0.2, 0.25) is 0 Å². The molecule has 1 unspecified atom stereocenters. The van der Waals surface area contributed by atoms with E-state index in [2.05, 4.69) is 17.6 Å².